The fraction of sp³-hybridized carbons (Fsp3) is 0.417. The molecule has 0 spiro atoms. The van der Waals surface area contributed by atoms with E-state index in [0.717, 1.165) is 10.1 Å². The maximum Gasteiger partial charge on any atom is 0.304 e. The topological polar surface area (TPSA) is 125 Å². The highest BCUT2D eigenvalue weighted by Crippen LogP contribution is 2.37. The van der Waals surface area contributed by atoms with E-state index in [9.17, 15) is 19.2 Å². The molecule has 9 nitrogen and oxygen atoms in total. The Morgan fingerprint density at radius 2 is 1.97 bits per heavy atom. The van der Waals surface area contributed by atoms with Gasteiger partial charge in [-0.2, -0.15) is 0 Å². The first kappa shape index (κ1) is 27.9. The van der Waals surface area contributed by atoms with Gasteiger partial charge in [0.15, 0.2) is 0 Å². The molecule has 1 fully saturated rings. The number of ether oxygens (including phenoxy) is 1. The number of carbonyl (C=O) groups excluding carboxylic acids is 3. The Bertz CT molecular complexity index is 1160. The van der Waals surface area contributed by atoms with E-state index in [1.54, 1.807) is 11.0 Å². The molecular formula is C24H27Cl2N3O6S. The third kappa shape index (κ3) is 7.42. The molecule has 12 heteroatoms. The predicted octanol–water partition coefficient (Wildman–Crippen LogP) is 3.18. The van der Waals surface area contributed by atoms with Gasteiger partial charge in [-0.15, -0.1) is 11.3 Å². The normalized spacial score (nSPS) is 15.2. The molecule has 1 saturated heterocycles. The number of carbonyl (C=O) groups is 4. The van der Waals surface area contributed by atoms with Gasteiger partial charge in [-0.05, 0) is 47.4 Å². The minimum Gasteiger partial charge on any atom is -0.481 e. The highest BCUT2D eigenvalue weighted by atomic mass is 35.5. The van der Waals surface area contributed by atoms with Crippen LogP contribution in [0, 0.1) is 5.92 Å². The highest BCUT2D eigenvalue weighted by Gasteiger charge is 2.27. The molecule has 1 unspecified atom stereocenters. The van der Waals surface area contributed by atoms with Crippen LogP contribution in [0.1, 0.15) is 24.8 Å². The van der Waals surface area contributed by atoms with Gasteiger partial charge in [0.05, 0.1) is 27.1 Å². The second-order valence-electron chi connectivity index (χ2n) is 8.41. The SMILES string of the molecule is COCC(=O)NCC(CC(=O)O)C(=O)NC1CCN(C(=O)/C=C/c2cc3ccsc3c(Cl)c2Cl)CC1. The van der Waals surface area contributed by atoms with Crippen molar-refractivity contribution in [1.82, 2.24) is 15.5 Å². The Balaban J connectivity index is 1.52. The van der Waals surface area contributed by atoms with E-state index in [4.69, 9.17) is 33.0 Å². The van der Waals surface area contributed by atoms with Crippen molar-refractivity contribution in [2.24, 2.45) is 5.92 Å². The fourth-order valence-corrected chi connectivity index (χ4v) is 5.35. The summed E-state index contributed by atoms with van der Waals surface area (Å²) in [5, 5.41) is 18.2. The standard InChI is InChI=1S/C24H27Cl2N3O6S/c1-35-13-18(30)27-12-16(11-20(32)33)24(34)28-17-4-7-29(8-5-17)19(31)3-2-14-10-15-6-9-36-23(15)22(26)21(14)25/h2-3,6,9-10,16-17H,4-5,7-8,11-13H2,1H3,(H,27,30)(H,28,34)(H,32,33)/b3-2+. The van der Waals surface area contributed by atoms with Crippen LogP contribution in [0.2, 0.25) is 10.0 Å². The number of hydrogen-bond acceptors (Lipinski definition) is 6. The summed E-state index contributed by atoms with van der Waals surface area (Å²) in [6, 6.07) is 3.62. The lowest BCUT2D eigenvalue weighted by Crippen LogP contribution is -2.49. The average molecular weight is 556 g/mol. The van der Waals surface area contributed by atoms with Crippen molar-refractivity contribution in [2.45, 2.75) is 25.3 Å². The molecule has 194 valence electrons. The van der Waals surface area contributed by atoms with Crippen molar-refractivity contribution in [2.75, 3.05) is 33.4 Å². The van der Waals surface area contributed by atoms with Gasteiger partial charge >= 0.3 is 5.97 Å². The summed E-state index contributed by atoms with van der Waals surface area (Å²) in [5.41, 5.74) is 0.658. The Labute approximate surface area is 222 Å². The van der Waals surface area contributed by atoms with Crippen LogP contribution < -0.4 is 10.6 Å². The molecule has 36 heavy (non-hydrogen) atoms. The molecule has 0 bridgehead atoms. The lowest BCUT2D eigenvalue weighted by Gasteiger charge is -2.32. The van der Waals surface area contributed by atoms with Gasteiger partial charge in [0.25, 0.3) is 0 Å². The molecule has 3 rings (SSSR count). The summed E-state index contributed by atoms with van der Waals surface area (Å²) < 4.78 is 5.62. The number of methoxy groups -OCH3 is 1. The number of carboxylic acids is 1. The van der Waals surface area contributed by atoms with Crippen molar-refractivity contribution >= 4 is 74.4 Å². The summed E-state index contributed by atoms with van der Waals surface area (Å²) in [7, 11) is 1.36. The summed E-state index contributed by atoms with van der Waals surface area (Å²) in [5.74, 6) is -3.11. The molecule has 1 atom stereocenters. The van der Waals surface area contributed by atoms with Crippen molar-refractivity contribution in [3.8, 4) is 0 Å². The third-order valence-corrected chi connectivity index (χ3v) is 7.77. The lowest BCUT2D eigenvalue weighted by atomic mass is 10.0. The van der Waals surface area contributed by atoms with Crippen LogP contribution in [0.4, 0.5) is 0 Å². The second-order valence-corrected chi connectivity index (χ2v) is 10.1. The van der Waals surface area contributed by atoms with Crippen LogP contribution in [0.25, 0.3) is 16.2 Å². The van der Waals surface area contributed by atoms with Crippen LogP contribution in [-0.2, 0) is 23.9 Å². The number of carboxylic acid groups (broad SMARTS) is 1. The second kappa shape index (κ2) is 13.0. The summed E-state index contributed by atoms with van der Waals surface area (Å²) in [4.78, 5) is 49.8. The van der Waals surface area contributed by atoms with Crippen LogP contribution >= 0.6 is 34.5 Å². The molecule has 3 N–H and O–H groups in total. The number of nitrogens with one attached hydrogen (secondary N) is 2. The Morgan fingerprint density at radius 1 is 1.25 bits per heavy atom. The van der Waals surface area contributed by atoms with Gasteiger partial charge in [0.2, 0.25) is 17.7 Å². The molecule has 2 aromatic rings. The number of benzene rings is 1. The molecule has 0 saturated carbocycles. The maximum absolute atomic E-state index is 12.7. The molecule has 3 amide bonds. The van der Waals surface area contributed by atoms with Crippen LogP contribution in [0.3, 0.4) is 0 Å². The first-order chi connectivity index (χ1) is 17.2. The molecule has 2 heterocycles. The van der Waals surface area contributed by atoms with Gasteiger partial charge < -0.3 is 25.4 Å². The largest absolute Gasteiger partial charge is 0.481 e. The first-order valence-electron chi connectivity index (χ1n) is 11.3. The number of amides is 3. The number of thiophene rings is 1. The van der Waals surface area contributed by atoms with Crippen LogP contribution in [-0.4, -0.2) is 73.1 Å². The molecule has 1 aromatic heterocycles. The number of halogens is 2. The smallest absolute Gasteiger partial charge is 0.304 e. The third-order valence-electron chi connectivity index (χ3n) is 5.82. The molecule has 1 aliphatic rings. The Morgan fingerprint density at radius 3 is 2.64 bits per heavy atom. The molecule has 1 aromatic carbocycles. The fourth-order valence-electron chi connectivity index (χ4n) is 3.91. The molecule has 0 radical (unpaired) electrons. The van der Waals surface area contributed by atoms with Gasteiger partial charge in [0.1, 0.15) is 6.61 Å². The number of rotatable bonds is 10. The first-order valence-corrected chi connectivity index (χ1v) is 12.9. The van der Waals surface area contributed by atoms with Crippen molar-refractivity contribution in [3.63, 3.8) is 0 Å². The number of hydrogen-bond donors (Lipinski definition) is 3. The zero-order valence-corrected chi connectivity index (χ0v) is 21.9. The zero-order chi connectivity index (χ0) is 26.2. The van der Waals surface area contributed by atoms with Crippen LogP contribution in [0.5, 0.6) is 0 Å². The molecular weight excluding hydrogens is 529 g/mol. The average Bonchev–Trinajstić information content (AvgIpc) is 3.32. The van der Waals surface area contributed by atoms with E-state index in [2.05, 4.69) is 10.6 Å². The summed E-state index contributed by atoms with van der Waals surface area (Å²) in [6.07, 6.45) is 3.74. The van der Waals surface area contributed by atoms with Crippen molar-refractivity contribution in [1.29, 1.82) is 0 Å². The Kier molecular flexibility index (Phi) is 10.1. The number of piperidine rings is 1. The maximum atomic E-state index is 12.7. The Hall–Kier alpha value is -2.66. The van der Waals surface area contributed by atoms with E-state index in [0.29, 0.717) is 41.5 Å². The lowest BCUT2D eigenvalue weighted by molar-refractivity contribution is -0.141. The zero-order valence-electron chi connectivity index (χ0n) is 19.6. The van der Waals surface area contributed by atoms with E-state index in [1.165, 1.54) is 24.5 Å². The van der Waals surface area contributed by atoms with Crippen molar-refractivity contribution in [3.05, 3.63) is 39.2 Å². The number of fused-ring (bicyclic) bond motifs is 1. The quantitative estimate of drug-likeness (QED) is 0.386. The summed E-state index contributed by atoms with van der Waals surface area (Å²) in [6.45, 7) is 0.580. The molecule has 1 aliphatic heterocycles. The van der Waals surface area contributed by atoms with Crippen LogP contribution in [0.15, 0.2) is 23.6 Å². The monoisotopic (exact) mass is 555 g/mol. The van der Waals surface area contributed by atoms with E-state index in [-0.39, 0.29) is 25.1 Å². The van der Waals surface area contributed by atoms with Crippen molar-refractivity contribution < 1.29 is 29.0 Å². The van der Waals surface area contributed by atoms with Gasteiger partial charge in [0, 0.05) is 38.9 Å². The number of aliphatic carboxylic acids is 1. The van der Waals surface area contributed by atoms with E-state index >= 15 is 0 Å². The van der Waals surface area contributed by atoms with E-state index in [1.807, 2.05) is 17.5 Å². The van der Waals surface area contributed by atoms with Gasteiger partial charge in [-0.3, -0.25) is 19.2 Å². The van der Waals surface area contributed by atoms with Gasteiger partial charge in [-0.25, -0.2) is 0 Å². The summed E-state index contributed by atoms with van der Waals surface area (Å²) >= 11 is 14.2. The van der Waals surface area contributed by atoms with Gasteiger partial charge in [-0.1, -0.05) is 23.2 Å². The minimum atomic E-state index is -1.14. The highest BCUT2D eigenvalue weighted by molar-refractivity contribution is 7.18. The predicted molar refractivity (Wildman–Crippen MR) is 139 cm³/mol. The number of likely N-dealkylation sites (tertiary alicyclic amines) is 1. The minimum absolute atomic E-state index is 0.105. The molecule has 0 aliphatic carbocycles. The van der Waals surface area contributed by atoms with E-state index < -0.39 is 30.1 Å². The number of nitrogens with zero attached hydrogens (tertiary/aromatic N) is 1.